The summed E-state index contributed by atoms with van der Waals surface area (Å²) in [7, 11) is 3.16. The monoisotopic (exact) mass is 570 g/mol. The molecule has 0 aliphatic heterocycles. The van der Waals surface area contributed by atoms with Crippen LogP contribution in [0.25, 0.3) is 0 Å². The summed E-state index contributed by atoms with van der Waals surface area (Å²) in [6.07, 6.45) is 1.81. The van der Waals surface area contributed by atoms with Crippen molar-refractivity contribution < 1.29 is 19.1 Å². The predicted molar refractivity (Wildman–Crippen MR) is 157 cm³/mol. The van der Waals surface area contributed by atoms with Crippen LogP contribution in [0.1, 0.15) is 43.4 Å². The van der Waals surface area contributed by atoms with E-state index in [0.29, 0.717) is 34.4 Å². The number of benzene rings is 3. The fraction of sp³-hybridized carbons (Fsp3) is 0.355. The average molecular weight is 572 g/mol. The first kappa shape index (κ1) is 30.3. The lowest BCUT2D eigenvalue weighted by Gasteiger charge is -2.32. The van der Waals surface area contributed by atoms with Crippen LogP contribution < -0.4 is 14.8 Å². The Morgan fingerprint density at radius 1 is 0.923 bits per heavy atom. The van der Waals surface area contributed by atoms with Crippen LogP contribution in [-0.4, -0.2) is 43.0 Å². The van der Waals surface area contributed by atoms with Gasteiger partial charge < -0.3 is 19.7 Å². The van der Waals surface area contributed by atoms with E-state index in [1.54, 1.807) is 37.3 Å². The number of aryl methyl sites for hydroxylation is 1. The third kappa shape index (κ3) is 8.64. The lowest BCUT2D eigenvalue weighted by atomic mass is 10.0. The van der Waals surface area contributed by atoms with Crippen molar-refractivity contribution in [1.82, 2.24) is 10.2 Å². The summed E-state index contributed by atoms with van der Waals surface area (Å²) in [5, 5.41) is 4.03. The van der Waals surface area contributed by atoms with Crippen LogP contribution in [0.2, 0.25) is 10.0 Å². The summed E-state index contributed by atoms with van der Waals surface area (Å²) in [6.45, 7) is 4.14. The molecule has 2 amide bonds. The van der Waals surface area contributed by atoms with Gasteiger partial charge in [0.1, 0.15) is 6.04 Å². The minimum Gasteiger partial charge on any atom is -0.493 e. The number of nitrogens with zero attached hydrogens (tertiary/aromatic N) is 1. The Labute approximate surface area is 241 Å². The van der Waals surface area contributed by atoms with Crippen LogP contribution in [0.5, 0.6) is 11.5 Å². The number of nitrogens with one attached hydrogen (secondary N) is 1. The van der Waals surface area contributed by atoms with Crippen molar-refractivity contribution in [1.29, 1.82) is 0 Å². The molecular formula is C31H36Cl2N2O4. The van der Waals surface area contributed by atoms with E-state index in [0.717, 1.165) is 23.1 Å². The largest absolute Gasteiger partial charge is 0.493 e. The number of hydrogen-bond acceptors (Lipinski definition) is 4. The first-order valence-corrected chi connectivity index (χ1v) is 13.8. The fourth-order valence-electron chi connectivity index (χ4n) is 4.26. The molecule has 0 heterocycles. The maximum absolute atomic E-state index is 13.9. The van der Waals surface area contributed by atoms with E-state index in [1.165, 1.54) is 0 Å². The van der Waals surface area contributed by atoms with Gasteiger partial charge in [-0.05, 0) is 60.7 Å². The molecule has 0 radical (unpaired) electrons. The lowest BCUT2D eigenvalue weighted by Crippen LogP contribution is -2.52. The highest BCUT2D eigenvalue weighted by Gasteiger charge is 2.31. The number of carbonyl (C=O) groups is 2. The number of methoxy groups -OCH3 is 2. The van der Waals surface area contributed by atoms with Gasteiger partial charge in [0.2, 0.25) is 11.8 Å². The van der Waals surface area contributed by atoms with Crippen molar-refractivity contribution in [3.05, 3.63) is 93.5 Å². The van der Waals surface area contributed by atoms with Crippen molar-refractivity contribution in [2.45, 2.75) is 58.2 Å². The van der Waals surface area contributed by atoms with Gasteiger partial charge >= 0.3 is 0 Å². The Balaban J connectivity index is 1.94. The van der Waals surface area contributed by atoms with Gasteiger partial charge in [-0.15, -0.1) is 0 Å². The van der Waals surface area contributed by atoms with Crippen molar-refractivity contribution in [3.8, 4) is 11.5 Å². The highest BCUT2D eigenvalue weighted by molar-refractivity contribution is 6.35. The van der Waals surface area contributed by atoms with Crippen molar-refractivity contribution >= 4 is 35.0 Å². The highest BCUT2D eigenvalue weighted by Crippen LogP contribution is 2.29. The Morgan fingerprint density at radius 2 is 1.64 bits per heavy atom. The van der Waals surface area contributed by atoms with Crippen LogP contribution in [0.15, 0.2) is 66.7 Å². The molecule has 208 valence electrons. The zero-order chi connectivity index (χ0) is 28.4. The minimum absolute atomic E-state index is 0.0291. The SMILES string of the molecule is CC[C@H](C)NC(=O)[C@@H](Cc1ccccc1)N(Cc1ccc(Cl)cc1Cl)C(=O)CCc1ccc(OC)c(OC)c1. The van der Waals surface area contributed by atoms with Gasteiger partial charge in [-0.3, -0.25) is 9.59 Å². The maximum atomic E-state index is 13.9. The van der Waals surface area contributed by atoms with E-state index in [2.05, 4.69) is 5.32 Å². The molecule has 39 heavy (non-hydrogen) atoms. The first-order valence-electron chi connectivity index (χ1n) is 13.0. The van der Waals surface area contributed by atoms with E-state index in [9.17, 15) is 9.59 Å². The van der Waals surface area contributed by atoms with Gasteiger partial charge in [0.05, 0.1) is 14.2 Å². The van der Waals surface area contributed by atoms with Crippen LogP contribution in [0.4, 0.5) is 0 Å². The predicted octanol–water partition coefficient (Wildman–Crippen LogP) is 6.50. The normalized spacial score (nSPS) is 12.4. The molecule has 0 saturated heterocycles. The molecular weight excluding hydrogens is 535 g/mol. The van der Waals surface area contributed by atoms with Crippen LogP contribution in [0, 0.1) is 0 Å². The van der Waals surface area contributed by atoms with Gasteiger partial charge in [-0.1, -0.05) is 72.6 Å². The third-order valence-corrected chi connectivity index (χ3v) is 7.29. The molecule has 0 unspecified atom stereocenters. The Morgan fingerprint density at radius 3 is 2.28 bits per heavy atom. The van der Waals surface area contributed by atoms with Gasteiger partial charge in [0, 0.05) is 35.5 Å². The number of hydrogen-bond donors (Lipinski definition) is 1. The molecule has 0 fully saturated rings. The van der Waals surface area contributed by atoms with Crippen molar-refractivity contribution in [3.63, 3.8) is 0 Å². The Kier molecular flexibility index (Phi) is 11.5. The summed E-state index contributed by atoms with van der Waals surface area (Å²) in [5.74, 6) is 0.868. The summed E-state index contributed by atoms with van der Waals surface area (Å²) in [6, 6.07) is 19.7. The quantitative estimate of drug-likeness (QED) is 0.255. The summed E-state index contributed by atoms with van der Waals surface area (Å²) in [4.78, 5) is 29.2. The van der Waals surface area contributed by atoms with Gasteiger partial charge in [0.25, 0.3) is 0 Å². The molecule has 0 aliphatic rings. The molecule has 0 bridgehead atoms. The summed E-state index contributed by atoms with van der Waals surface area (Å²) < 4.78 is 10.7. The number of halogens is 2. The van der Waals surface area contributed by atoms with Crippen molar-refractivity contribution in [2.24, 2.45) is 0 Å². The maximum Gasteiger partial charge on any atom is 0.243 e. The number of amides is 2. The molecule has 3 aromatic carbocycles. The first-order chi connectivity index (χ1) is 18.7. The lowest BCUT2D eigenvalue weighted by molar-refractivity contribution is -0.141. The zero-order valence-corrected chi connectivity index (χ0v) is 24.4. The van der Waals surface area contributed by atoms with Gasteiger partial charge in [-0.25, -0.2) is 0 Å². The van der Waals surface area contributed by atoms with Crippen LogP contribution in [-0.2, 0) is 29.0 Å². The second kappa shape index (κ2) is 14.8. The Hall–Kier alpha value is -3.22. The summed E-state index contributed by atoms with van der Waals surface area (Å²) >= 11 is 12.6. The Bertz CT molecular complexity index is 1250. The molecule has 0 aromatic heterocycles. The topological polar surface area (TPSA) is 67.9 Å². The van der Waals surface area contributed by atoms with Crippen molar-refractivity contribution in [2.75, 3.05) is 14.2 Å². The van der Waals surface area contributed by atoms with E-state index in [-0.39, 0.29) is 30.8 Å². The number of rotatable bonds is 13. The number of ether oxygens (including phenoxy) is 2. The fourth-order valence-corrected chi connectivity index (χ4v) is 4.73. The highest BCUT2D eigenvalue weighted by atomic mass is 35.5. The molecule has 0 aliphatic carbocycles. The smallest absolute Gasteiger partial charge is 0.243 e. The molecule has 6 nitrogen and oxygen atoms in total. The van der Waals surface area contributed by atoms with E-state index >= 15 is 0 Å². The second-order valence-electron chi connectivity index (χ2n) is 9.47. The van der Waals surface area contributed by atoms with Crippen LogP contribution in [0.3, 0.4) is 0 Å². The zero-order valence-electron chi connectivity index (χ0n) is 22.9. The van der Waals surface area contributed by atoms with Gasteiger partial charge in [-0.2, -0.15) is 0 Å². The van der Waals surface area contributed by atoms with Crippen LogP contribution >= 0.6 is 23.2 Å². The molecule has 3 aromatic rings. The summed E-state index contributed by atoms with van der Waals surface area (Å²) in [5.41, 5.74) is 2.60. The van der Waals surface area contributed by atoms with E-state index in [4.69, 9.17) is 32.7 Å². The molecule has 3 rings (SSSR count). The van der Waals surface area contributed by atoms with E-state index < -0.39 is 6.04 Å². The molecule has 0 saturated carbocycles. The standard InChI is InChI=1S/C31H36Cl2N2O4/c1-5-21(2)34-31(37)27(17-22-9-7-6-8-10-22)35(20-24-13-14-25(32)19-26(24)33)30(36)16-12-23-11-15-28(38-3)29(18-23)39-4/h6-11,13-15,18-19,21,27H,5,12,16-17,20H2,1-4H3,(H,34,37)/t21-,27+/m0/s1. The average Bonchev–Trinajstić information content (AvgIpc) is 2.94. The molecule has 2 atom stereocenters. The molecule has 1 N–H and O–H groups in total. The second-order valence-corrected chi connectivity index (χ2v) is 10.3. The molecule has 8 heteroatoms. The van der Waals surface area contributed by atoms with Gasteiger partial charge in [0.15, 0.2) is 11.5 Å². The minimum atomic E-state index is -0.731. The number of carbonyl (C=O) groups excluding carboxylic acids is 2. The van der Waals surface area contributed by atoms with E-state index in [1.807, 2.05) is 62.4 Å². The molecule has 0 spiro atoms. The third-order valence-electron chi connectivity index (χ3n) is 6.70.